The number of hydrogen-bond acceptors (Lipinski definition) is 3. The topological polar surface area (TPSA) is 79.4 Å². The second-order valence-corrected chi connectivity index (χ2v) is 6.51. The zero-order valence-corrected chi connectivity index (χ0v) is 16.0. The van der Waals surface area contributed by atoms with Crippen LogP contribution >= 0.6 is 0 Å². The highest BCUT2D eigenvalue weighted by Crippen LogP contribution is 2.27. The molecule has 0 bridgehead atoms. The number of benzene rings is 2. The van der Waals surface area contributed by atoms with Gasteiger partial charge in [-0.1, -0.05) is 50.6 Å². The summed E-state index contributed by atoms with van der Waals surface area (Å²) in [5.74, 6) is 0.175. The minimum absolute atomic E-state index is 0.0709. The molecule has 0 amide bonds. The first-order valence-electron chi connectivity index (χ1n) is 9.39. The maximum Gasteiger partial charge on any atom is 0.353 e. The highest BCUT2D eigenvalue weighted by atomic mass is 16.5. The predicted molar refractivity (Wildman–Crippen MR) is 109 cm³/mol. The minimum atomic E-state index is -1.14. The van der Waals surface area contributed by atoms with E-state index in [1.54, 1.807) is 24.3 Å². The molecule has 5 heteroatoms. The highest BCUT2D eigenvalue weighted by Gasteiger charge is 2.21. The van der Waals surface area contributed by atoms with Crippen molar-refractivity contribution >= 4 is 5.97 Å². The van der Waals surface area contributed by atoms with Crippen molar-refractivity contribution in [3.8, 4) is 22.6 Å². The van der Waals surface area contributed by atoms with Crippen LogP contribution < -0.4 is 10.2 Å². The summed E-state index contributed by atoms with van der Waals surface area (Å²) >= 11 is 0. The van der Waals surface area contributed by atoms with Crippen molar-refractivity contribution in [2.75, 3.05) is 0 Å². The number of ether oxygens (including phenoxy) is 1. The molecule has 1 heterocycles. The van der Waals surface area contributed by atoms with Gasteiger partial charge in [-0.05, 0) is 42.7 Å². The van der Waals surface area contributed by atoms with Crippen LogP contribution in [0.5, 0.6) is 11.5 Å². The summed E-state index contributed by atoms with van der Waals surface area (Å²) in [6, 6.07) is 16.3. The number of aromatic nitrogens is 1. The van der Waals surface area contributed by atoms with Gasteiger partial charge in [-0.25, -0.2) is 4.79 Å². The van der Waals surface area contributed by atoms with Crippen molar-refractivity contribution in [3.05, 3.63) is 81.8 Å². The number of rotatable bonds is 7. The van der Waals surface area contributed by atoms with Gasteiger partial charge in [0, 0.05) is 11.3 Å². The van der Waals surface area contributed by atoms with Gasteiger partial charge >= 0.3 is 5.97 Å². The summed E-state index contributed by atoms with van der Waals surface area (Å²) in [4.78, 5) is 27.9. The lowest BCUT2D eigenvalue weighted by Crippen LogP contribution is -2.21. The van der Waals surface area contributed by atoms with Crippen LogP contribution in [0.3, 0.4) is 0 Å². The molecule has 0 spiro atoms. The van der Waals surface area contributed by atoms with Gasteiger partial charge < -0.3 is 14.8 Å². The fourth-order valence-electron chi connectivity index (χ4n) is 3.26. The number of pyridine rings is 1. The molecular weight excluding hydrogens is 354 g/mol. The van der Waals surface area contributed by atoms with Gasteiger partial charge in [-0.3, -0.25) is 4.79 Å². The third-order valence-corrected chi connectivity index (χ3v) is 4.58. The van der Waals surface area contributed by atoms with E-state index in [0.717, 1.165) is 6.42 Å². The highest BCUT2D eigenvalue weighted by molar-refractivity contribution is 5.94. The number of carboxylic acid groups (broad SMARTS) is 1. The molecule has 0 aliphatic heterocycles. The van der Waals surface area contributed by atoms with E-state index >= 15 is 0 Å². The Bertz CT molecular complexity index is 1020. The summed E-state index contributed by atoms with van der Waals surface area (Å²) in [5, 5.41) is 9.65. The van der Waals surface area contributed by atoms with Crippen LogP contribution in [0, 0.1) is 0 Å². The number of carboxylic acids is 1. The van der Waals surface area contributed by atoms with Gasteiger partial charge in [-0.15, -0.1) is 0 Å². The Balaban J connectivity index is 2.05. The third kappa shape index (κ3) is 3.98. The Morgan fingerprint density at radius 2 is 1.64 bits per heavy atom. The number of aromatic carboxylic acids is 1. The van der Waals surface area contributed by atoms with Crippen LogP contribution in [-0.2, 0) is 12.8 Å². The zero-order valence-electron chi connectivity index (χ0n) is 16.0. The van der Waals surface area contributed by atoms with Crippen molar-refractivity contribution in [1.29, 1.82) is 0 Å². The van der Waals surface area contributed by atoms with Gasteiger partial charge in [0.2, 0.25) is 0 Å². The van der Waals surface area contributed by atoms with Crippen LogP contribution in [0.2, 0.25) is 0 Å². The summed E-state index contributed by atoms with van der Waals surface area (Å²) in [5.41, 5.74) is 1.81. The van der Waals surface area contributed by atoms with E-state index in [1.165, 1.54) is 0 Å². The molecule has 0 saturated heterocycles. The Labute approximate surface area is 163 Å². The smallest absolute Gasteiger partial charge is 0.353 e. The quantitative estimate of drug-likeness (QED) is 0.604. The van der Waals surface area contributed by atoms with Gasteiger partial charge in [0.25, 0.3) is 0 Å². The largest absolute Gasteiger partial charge is 0.477 e. The molecule has 3 rings (SSSR count). The number of aryl methyl sites for hydroxylation is 1. The van der Waals surface area contributed by atoms with E-state index in [4.69, 9.17) is 4.74 Å². The number of hydrogen-bond donors (Lipinski definition) is 2. The number of para-hydroxylation sites is 1. The average molecular weight is 377 g/mol. The van der Waals surface area contributed by atoms with Gasteiger partial charge in [0.15, 0.2) is 5.43 Å². The lowest BCUT2D eigenvalue weighted by Gasteiger charge is -2.14. The molecular formula is C23H23NO4. The molecule has 0 atom stereocenters. The summed E-state index contributed by atoms with van der Waals surface area (Å²) in [6.07, 6.45) is 2.00. The van der Waals surface area contributed by atoms with Crippen LogP contribution in [0.4, 0.5) is 0 Å². The zero-order chi connectivity index (χ0) is 20.1. The maximum atomic E-state index is 13.1. The van der Waals surface area contributed by atoms with E-state index in [2.05, 4.69) is 4.98 Å². The minimum Gasteiger partial charge on any atom is -0.477 e. The summed E-state index contributed by atoms with van der Waals surface area (Å²) < 4.78 is 5.77. The van der Waals surface area contributed by atoms with Crippen LogP contribution in [0.25, 0.3) is 11.1 Å². The molecule has 2 aromatic carbocycles. The molecule has 2 N–H and O–H groups in total. The van der Waals surface area contributed by atoms with Gasteiger partial charge in [0.05, 0.1) is 5.56 Å². The molecule has 0 aliphatic rings. The van der Waals surface area contributed by atoms with Crippen molar-refractivity contribution < 1.29 is 14.6 Å². The van der Waals surface area contributed by atoms with E-state index in [9.17, 15) is 14.7 Å². The summed E-state index contributed by atoms with van der Waals surface area (Å²) in [6.45, 7) is 3.91. The Morgan fingerprint density at radius 3 is 2.21 bits per heavy atom. The molecule has 1 aromatic heterocycles. The van der Waals surface area contributed by atoms with E-state index in [1.807, 2.05) is 44.2 Å². The van der Waals surface area contributed by atoms with Gasteiger partial charge in [-0.2, -0.15) is 0 Å². The Hall–Kier alpha value is -3.34. The second-order valence-electron chi connectivity index (χ2n) is 6.51. The van der Waals surface area contributed by atoms with Crippen LogP contribution in [0.1, 0.15) is 42.0 Å². The lowest BCUT2D eigenvalue weighted by molar-refractivity contribution is 0.0691. The molecule has 0 fully saturated rings. The van der Waals surface area contributed by atoms with Crippen molar-refractivity contribution in [1.82, 2.24) is 4.98 Å². The van der Waals surface area contributed by atoms with Crippen LogP contribution in [-0.4, -0.2) is 16.1 Å². The molecule has 0 aliphatic carbocycles. The standard InChI is InChI=1S/C23H23NO4/c1-3-8-18-19(4-2)24-21(23(26)27)20(22(18)25)15-11-13-17(14-12-15)28-16-9-6-5-7-10-16/h5-7,9-14H,3-4,8H2,1-2H3,(H,24,25)(H,26,27). The second kappa shape index (κ2) is 8.57. The van der Waals surface area contributed by atoms with Crippen molar-refractivity contribution in [3.63, 3.8) is 0 Å². The summed E-state index contributed by atoms with van der Waals surface area (Å²) in [7, 11) is 0. The normalized spacial score (nSPS) is 10.6. The third-order valence-electron chi connectivity index (χ3n) is 4.58. The van der Waals surface area contributed by atoms with Crippen molar-refractivity contribution in [2.24, 2.45) is 0 Å². The van der Waals surface area contributed by atoms with E-state index < -0.39 is 5.97 Å². The number of aromatic amines is 1. The fourth-order valence-corrected chi connectivity index (χ4v) is 3.26. The Kier molecular flexibility index (Phi) is 5.94. The van der Waals surface area contributed by atoms with Crippen molar-refractivity contribution in [2.45, 2.75) is 33.1 Å². The molecule has 144 valence electrons. The van der Waals surface area contributed by atoms with E-state index in [-0.39, 0.29) is 16.7 Å². The Morgan fingerprint density at radius 1 is 1.00 bits per heavy atom. The molecule has 0 unspecified atom stereocenters. The molecule has 3 aromatic rings. The predicted octanol–water partition coefficient (Wildman–Crippen LogP) is 5.05. The molecule has 28 heavy (non-hydrogen) atoms. The fraction of sp³-hybridized carbons (Fsp3) is 0.217. The number of H-pyrrole nitrogens is 1. The average Bonchev–Trinajstić information content (AvgIpc) is 2.70. The number of carbonyl (C=O) groups is 1. The first-order valence-corrected chi connectivity index (χ1v) is 9.39. The monoisotopic (exact) mass is 377 g/mol. The van der Waals surface area contributed by atoms with E-state index in [0.29, 0.717) is 41.2 Å². The van der Waals surface area contributed by atoms with Crippen LogP contribution in [0.15, 0.2) is 59.4 Å². The first kappa shape index (κ1) is 19.4. The molecule has 5 nitrogen and oxygen atoms in total. The maximum absolute atomic E-state index is 13.1. The number of nitrogens with one attached hydrogen (secondary N) is 1. The first-order chi connectivity index (χ1) is 13.5. The molecule has 0 radical (unpaired) electrons. The van der Waals surface area contributed by atoms with Gasteiger partial charge in [0.1, 0.15) is 17.2 Å². The SMILES string of the molecule is CCCc1c(CC)[nH]c(C(=O)O)c(-c2ccc(Oc3ccccc3)cc2)c1=O. The molecule has 0 saturated carbocycles. The lowest BCUT2D eigenvalue weighted by atomic mass is 9.96.